The number of furan rings is 1. The van der Waals surface area contributed by atoms with Crippen LogP contribution in [0, 0.1) is 5.82 Å². The van der Waals surface area contributed by atoms with Crippen molar-refractivity contribution in [2.45, 2.75) is 0 Å². The van der Waals surface area contributed by atoms with Crippen molar-refractivity contribution in [1.82, 2.24) is 0 Å². The molecular weight excluding hydrogens is 389 g/mol. The van der Waals surface area contributed by atoms with E-state index >= 15 is 0 Å². The first-order valence-corrected chi connectivity index (χ1v) is 9.49. The van der Waals surface area contributed by atoms with Gasteiger partial charge in [-0.2, -0.15) is 0 Å². The summed E-state index contributed by atoms with van der Waals surface area (Å²) in [7, 11) is 0. The van der Waals surface area contributed by atoms with Crippen LogP contribution in [0.25, 0.3) is 0 Å². The van der Waals surface area contributed by atoms with Crippen LogP contribution in [0.2, 0.25) is 0 Å². The number of anilines is 3. The van der Waals surface area contributed by atoms with E-state index in [2.05, 4.69) is 10.6 Å². The van der Waals surface area contributed by atoms with Crippen molar-refractivity contribution in [3.63, 3.8) is 0 Å². The average molecular weight is 409 g/mol. The van der Waals surface area contributed by atoms with Crippen molar-refractivity contribution < 1.29 is 23.1 Å². The largest absolute Gasteiger partial charge is 0.459 e. The van der Waals surface area contributed by atoms with Crippen LogP contribution in [0.5, 0.6) is 0 Å². The summed E-state index contributed by atoms with van der Waals surface area (Å²) in [4.78, 5) is 26.4. The van der Waals surface area contributed by atoms with Crippen LogP contribution in [0.1, 0.15) is 20.9 Å². The first-order valence-electron chi connectivity index (χ1n) is 9.49. The van der Waals surface area contributed by atoms with E-state index in [0.717, 1.165) is 0 Å². The number of ether oxygens (including phenoxy) is 1. The fourth-order valence-electron chi connectivity index (χ4n) is 3.15. The molecule has 0 bridgehead atoms. The molecule has 7 nitrogen and oxygen atoms in total. The summed E-state index contributed by atoms with van der Waals surface area (Å²) in [5.74, 6) is -0.962. The van der Waals surface area contributed by atoms with Gasteiger partial charge < -0.3 is 24.7 Å². The number of benzene rings is 2. The highest BCUT2D eigenvalue weighted by Gasteiger charge is 2.16. The van der Waals surface area contributed by atoms with Crippen LogP contribution in [0.4, 0.5) is 21.5 Å². The molecule has 30 heavy (non-hydrogen) atoms. The van der Waals surface area contributed by atoms with Gasteiger partial charge in [-0.05, 0) is 54.6 Å². The Kier molecular flexibility index (Phi) is 5.76. The smallest absolute Gasteiger partial charge is 0.291 e. The van der Waals surface area contributed by atoms with Gasteiger partial charge in [0.25, 0.3) is 11.8 Å². The Bertz CT molecular complexity index is 1030. The maximum Gasteiger partial charge on any atom is 0.291 e. The molecule has 2 aromatic carbocycles. The number of carbonyl (C=O) groups is 2. The molecule has 0 radical (unpaired) electrons. The molecule has 1 aromatic heterocycles. The van der Waals surface area contributed by atoms with Crippen molar-refractivity contribution in [1.29, 1.82) is 0 Å². The molecule has 2 N–H and O–H groups in total. The lowest BCUT2D eigenvalue weighted by molar-refractivity contribution is 0.0995. The zero-order chi connectivity index (χ0) is 20.9. The minimum Gasteiger partial charge on any atom is -0.459 e. The molecule has 1 fully saturated rings. The summed E-state index contributed by atoms with van der Waals surface area (Å²) in [5, 5.41) is 5.36. The van der Waals surface area contributed by atoms with Crippen LogP contribution in [0.3, 0.4) is 0 Å². The van der Waals surface area contributed by atoms with Crippen LogP contribution in [-0.2, 0) is 4.74 Å². The third kappa shape index (κ3) is 4.49. The molecule has 0 unspecified atom stereocenters. The molecule has 154 valence electrons. The molecule has 2 heterocycles. The highest BCUT2D eigenvalue weighted by Crippen LogP contribution is 2.24. The lowest BCUT2D eigenvalue weighted by Gasteiger charge is -2.29. The van der Waals surface area contributed by atoms with Crippen LogP contribution < -0.4 is 15.5 Å². The topological polar surface area (TPSA) is 83.8 Å². The van der Waals surface area contributed by atoms with E-state index in [1.54, 1.807) is 48.5 Å². The van der Waals surface area contributed by atoms with Gasteiger partial charge in [-0.3, -0.25) is 9.59 Å². The van der Waals surface area contributed by atoms with Crippen LogP contribution in [-0.4, -0.2) is 38.1 Å². The standard InChI is InChI=1S/C22H20FN3O4/c23-18-14-17(7-8-19(18)26-9-12-29-13-10-26)25-21(27)15-3-5-16(6-4-15)24-22(28)20-2-1-11-30-20/h1-8,11,14H,9-10,12-13H2,(H,24,28)(H,25,27). The van der Waals surface area contributed by atoms with Crippen molar-refractivity contribution in [3.8, 4) is 0 Å². The van der Waals surface area contributed by atoms with Gasteiger partial charge >= 0.3 is 0 Å². The van der Waals surface area contributed by atoms with E-state index in [1.807, 2.05) is 4.90 Å². The van der Waals surface area contributed by atoms with Crippen molar-refractivity contribution in [3.05, 3.63) is 78.0 Å². The molecule has 1 aliphatic rings. The minimum atomic E-state index is -0.398. The normalized spacial score (nSPS) is 13.7. The number of nitrogens with zero attached hydrogens (tertiary/aromatic N) is 1. The summed E-state index contributed by atoms with van der Waals surface area (Å²) in [6, 6.07) is 14.2. The fourth-order valence-corrected chi connectivity index (χ4v) is 3.15. The highest BCUT2D eigenvalue weighted by molar-refractivity contribution is 6.05. The van der Waals surface area contributed by atoms with E-state index in [1.165, 1.54) is 12.3 Å². The second-order valence-corrected chi connectivity index (χ2v) is 6.73. The third-order valence-electron chi connectivity index (χ3n) is 4.71. The van der Waals surface area contributed by atoms with Crippen molar-refractivity contribution >= 4 is 28.9 Å². The lowest BCUT2D eigenvalue weighted by Crippen LogP contribution is -2.36. The summed E-state index contributed by atoms with van der Waals surface area (Å²) in [5.41, 5.74) is 1.76. The van der Waals surface area contributed by atoms with Gasteiger partial charge in [0.1, 0.15) is 5.82 Å². The Morgan fingerprint density at radius 3 is 2.27 bits per heavy atom. The van der Waals surface area contributed by atoms with Gasteiger partial charge in [-0.15, -0.1) is 0 Å². The summed E-state index contributed by atoms with van der Waals surface area (Å²) >= 11 is 0. The number of carbonyl (C=O) groups excluding carboxylic acids is 2. The minimum absolute atomic E-state index is 0.194. The molecule has 0 aliphatic carbocycles. The quantitative estimate of drug-likeness (QED) is 0.670. The zero-order valence-corrected chi connectivity index (χ0v) is 16.1. The van der Waals surface area contributed by atoms with Gasteiger partial charge in [-0.1, -0.05) is 0 Å². The Morgan fingerprint density at radius 1 is 0.900 bits per heavy atom. The molecule has 8 heteroatoms. The van der Waals surface area contributed by atoms with E-state index in [4.69, 9.17) is 9.15 Å². The monoisotopic (exact) mass is 409 g/mol. The lowest BCUT2D eigenvalue weighted by atomic mass is 10.1. The zero-order valence-electron chi connectivity index (χ0n) is 16.1. The third-order valence-corrected chi connectivity index (χ3v) is 4.71. The van der Waals surface area contributed by atoms with Gasteiger partial charge in [0.2, 0.25) is 0 Å². The summed E-state index contributed by atoms with van der Waals surface area (Å²) < 4.78 is 24.8. The Balaban J connectivity index is 1.38. The van der Waals surface area contributed by atoms with Crippen LogP contribution >= 0.6 is 0 Å². The Hall–Kier alpha value is -3.65. The number of amides is 2. The molecule has 2 amide bonds. The van der Waals surface area contributed by atoms with Crippen molar-refractivity contribution in [2.24, 2.45) is 0 Å². The maximum atomic E-state index is 14.5. The number of morpholine rings is 1. The van der Waals surface area contributed by atoms with Crippen molar-refractivity contribution in [2.75, 3.05) is 41.8 Å². The second-order valence-electron chi connectivity index (χ2n) is 6.73. The predicted octanol–water partition coefficient (Wildman–Crippen LogP) is 3.76. The average Bonchev–Trinajstić information content (AvgIpc) is 3.30. The first kappa shape index (κ1) is 19.7. The van der Waals surface area contributed by atoms with Gasteiger partial charge in [0.15, 0.2) is 5.76 Å². The molecule has 3 aromatic rings. The molecule has 1 saturated heterocycles. The molecular formula is C22H20FN3O4. The molecule has 0 saturated carbocycles. The van der Waals surface area contributed by atoms with E-state index in [0.29, 0.717) is 48.9 Å². The van der Waals surface area contributed by atoms with Gasteiger partial charge in [-0.25, -0.2) is 4.39 Å². The molecule has 0 atom stereocenters. The van der Waals surface area contributed by atoms with Gasteiger partial charge in [0.05, 0.1) is 25.2 Å². The summed E-state index contributed by atoms with van der Waals surface area (Å²) in [6.07, 6.45) is 1.42. The number of nitrogens with one attached hydrogen (secondary N) is 2. The van der Waals surface area contributed by atoms with E-state index in [9.17, 15) is 14.0 Å². The first-order chi connectivity index (χ1) is 14.6. The number of hydrogen-bond acceptors (Lipinski definition) is 5. The number of hydrogen-bond donors (Lipinski definition) is 2. The SMILES string of the molecule is O=C(Nc1ccc(N2CCOCC2)c(F)c1)c1ccc(NC(=O)c2ccco2)cc1. The fraction of sp³-hybridized carbons (Fsp3) is 0.182. The van der Waals surface area contributed by atoms with E-state index in [-0.39, 0.29) is 17.6 Å². The Morgan fingerprint density at radius 2 is 1.60 bits per heavy atom. The maximum absolute atomic E-state index is 14.5. The van der Waals surface area contributed by atoms with Gasteiger partial charge in [0, 0.05) is 30.0 Å². The number of rotatable bonds is 5. The second kappa shape index (κ2) is 8.79. The molecule has 4 rings (SSSR count). The molecule has 1 aliphatic heterocycles. The predicted molar refractivity (Wildman–Crippen MR) is 110 cm³/mol. The molecule has 0 spiro atoms. The highest BCUT2D eigenvalue weighted by atomic mass is 19.1. The summed E-state index contributed by atoms with van der Waals surface area (Å²) in [6.45, 7) is 2.39. The Labute approximate surface area is 172 Å². The van der Waals surface area contributed by atoms with Crippen LogP contribution in [0.15, 0.2) is 65.3 Å². The number of halogens is 1. The van der Waals surface area contributed by atoms with E-state index < -0.39 is 5.82 Å².